The first-order valence-corrected chi connectivity index (χ1v) is 4.16. The van der Waals surface area contributed by atoms with Crippen molar-refractivity contribution in [3.8, 4) is 6.07 Å². The van der Waals surface area contributed by atoms with Crippen LogP contribution in [-0.4, -0.2) is 18.1 Å². The summed E-state index contributed by atoms with van der Waals surface area (Å²) in [7, 11) is 1.30. The van der Waals surface area contributed by atoms with Gasteiger partial charge in [-0.15, -0.1) is 0 Å². The smallest absolute Gasteiger partial charge is 0.311 e. The van der Waals surface area contributed by atoms with Gasteiger partial charge in [-0.1, -0.05) is 11.6 Å². The number of pyridine rings is 1. The van der Waals surface area contributed by atoms with Gasteiger partial charge in [0.05, 0.1) is 29.8 Å². The lowest BCUT2D eigenvalue weighted by molar-refractivity contribution is -0.139. The van der Waals surface area contributed by atoms with E-state index in [4.69, 9.17) is 16.9 Å². The van der Waals surface area contributed by atoms with E-state index in [1.807, 2.05) is 6.07 Å². The molecule has 0 aliphatic heterocycles. The predicted molar refractivity (Wildman–Crippen MR) is 49.7 cm³/mol. The molecule has 4 nitrogen and oxygen atoms in total. The zero-order valence-electron chi connectivity index (χ0n) is 7.45. The highest BCUT2D eigenvalue weighted by atomic mass is 35.5. The Hall–Kier alpha value is -1.60. The molecule has 0 aliphatic carbocycles. The summed E-state index contributed by atoms with van der Waals surface area (Å²) < 4.78 is 4.46. The average molecular weight is 211 g/mol. The highest BCUT2D eigenvalue weighted by Crippen LogP contribution is 2.14. The Morgan fingerprint density at radius 3 is 3.07 bits per heavy atom. The molecule has 0 spiro atoms. The molecule has 0 aliphatic rings. The molecule has 5 heteroatoms. The van der Waals surface area contributed by atoms with Crippen LogP contribution in [0.1, 0.15) is 11.3 Å². The Bertz CT molecular complexity index is 398. The second kappa shape index (κ2) is 4.58. The maximum atomic E-state index is 10.9. The minimum Gasteiger partial charge on any atom is -0.469 e. The lowest BCUT2D eigenvalue weighted by atomic mass is 10.2. The first-order chi connectivity index (χ1) is 6.67. The van der Waals surface area contributed by atoms with E-state index >= 15 is 0 Å². The van der Waals surface area contributed by atoms with Gasteiger partial charge in [0.25, 0.3) is 0 Å². The number of hydrogen-bond acceptors (Lipinski definition) is 4. The predicted octanol–water partition coefficient (Wildman–Crippen LogP) is 1.32. The van der Waals surface area contributed by atoms with E-state index in [9.17, 15) is 4.79 Å². The molecule has 1 heterocycles. The summed E-state index contributed by atoms with van der Waals surface area (Å²) in [4.78, 5) is 14.8. The third kappa shape index (κ3) is 2.44. The number of rotatable bonds is 2. The summed E-state index contributed by atoms with van der Waals surface area (Å²) in [5.41, 5.74) is 0.776. The maximum Gasteiger partial charge on any atom is 0.311 e. The van der Waals surface area contributed by atoms with Crippen LogP contribution in [0, 0.1) is 11.3 Å². The Morgan fingerprint density at radius 1 is 1.79 bits per heavy atom. The van der Waals surface area contributed by atoms with Crippen LogP contribution in [0.15, 0.2) is 12.3 Å². The van der Waals surface area contributed by atoms with Gasteiger partial charge in [0, 0.05) is 6.20 Å². The zero-order valence-corrected chi connectivity index (χ0v) is 8.21. The van der Waals surface area contributed by atoms with Crippen molar-refractivity contribution in [2.24, 2.45) is 0 Å². The van der Waals surface area contributed by atoms with Gasteiger partial charge < -0.3 is 4.74 Å². The van der Waals surface area contributed by atoms with Gasteiger partial charge in [-0.3, -0.25) is 9.78 Å². The second-order valence-electron chi connectivity index (χ2n) is 2.52. The molecule has 0 aromatic carbocycles. The number of methoxy groups -OCH3 is 1. The molecular weight excluding hydrogens is 204 g/mol. The molecule has 1 aromatic heterocycles. The Kier molecular flexibility index (Phi) is 3.43. The van der Waals surface area contributed by atoms with Gasteiger partial charge in [0.1, 0.15) is 6.07 Å². The molecule has 0 N–H and O–H groups in total. The van der Waals surface area contributed by atoms with Crippen LogP contribution in [0.3, 0.4) is 0 Å². The third-order valence-electron chi connectivity index (χ3n) is 1.59. The van der Waals surface area contributed by atoms with Crippen LogP contribution in [0.4, 0.5) is 0 Å². The minimum atomic E-state index is -0.399. The zero-order chi connectivity index (χ0) is 10.6. The normalized spacial score (nSPS) is 9.21. The molecule has 0 radical (unpaired) electrons. The molecule has 0 saturated carbocycles. The van der Waals surface area contributed by atoms with Crippen LogP contribution < -0.4 is 0 Å². The van der Waals surface area contributed by atoms with Gasteiger partial charge >= 0.3 is 5.97 Å². The van der Waals surface area contributed by atoms with E-state index in [0.29, 0.717) is 11.3 Å². The number of nitrogens with zero attached hydrogens (tertiary/aromatic N) is 2. The van der Waals surface area contributed by atoms with Crippen molar-refractivity contribution in [2.75, 3.05) is 7.11 Å². The SMILES string of the molecule is COC(=O)Cc1cc(C#N)c(Cl)cn1. The van der Waals surface area contributed by atoms with Crippen molar-refractivity contribution in [1.82, 2.24) is 4.98 Å². The molecular formula is C9H7ClN2O2. The van der Waals surface area contributed by atoms with E-state index in [0.717, 1.165) is 0 Å². The fourth-order valence-corrected chi connectivity index (χ4v) is 1.03. The van der Waals surface area contributed by atoms with Crippen molar-refractivity contribution >= 4 is 17.6 Å². The van der Waals surface area contributed by atoms with E-state index < -0.39 is 5.97 Å². The van der Waals surface area contributed by atoms with Gasteiger partial charge in [0.2, 0.25) is 0 Å². The van der Waals surface area contributed by atoms with Crippen molar-refractivity contribution in [3.63, 3.8) is 0 Å². The molecule has 0 saturated heterocycles. The average Bonchev–Trinajstić information content (AvgIpc) is 2.20. The Balaban J connectivity index is 2.91. The topological polar surface area (TPSA) is 63.0 Å². The standard InChI is InChI=1S/C9H7ClN2O2/c1-14-9(13)3-7-2-6(4-11)8(10)5-12-7/h2,5H,3H2,1H3. The summed E-state index contributed by atoms with van der Waals surface area (Å²) in [6.45, 7) is 0. The van der Waals surface area contributed by atoms with Gasteiger partial charge in [-0.2, -0.15) is 5.26 Å². The van der Waals surface area contributed by atoms with E-state index in [1.54, 1.807) is 0 Å². The number of ether oxygens (including phenoxy) is 1. The number of carbonyl (C=O) groups excluding carboxylic acids is 1. The molecule has 0 bridgehead atoms. The first kappa shape index (κ1) is 10.5. The van der Waals surface area contributed by atoms with Crippen LogP contribution in [0.25, 0.3) is 0 Å². The lowest BCUT2D eigenvalue weighted by Crippen LogP contribution is -2.06. The van der Waals surface area contributed by atoms with Crippen molar-refractivity contribution < 1.29 is 9.53 Å². The van der Waals surface area contributed by atoms with Crippen molar-refractivity contribution in [2.45, 2.75) is 6.42 Å². The Labute approximate surface area is 86.1 Å². The first-order valence-electron chi connectivity index (χ1n) is 3.78. The number of halogens is 1. The van der Waals surface area contributed by atoms with Crippen molar-refractivity contribution in [3.05, 3.63) is 28.5 Å². The van der Waals surface area contributed by atoms with Gasteiger partial charge in [-0.05, 0) is 6.07 Å². The number of hydrogen-bond donors (Lipinski definition) is 0. The molecule has 0 atom stereocenters. The highest BCUT2D eigenvalue weighted by molar-refractivity contribution is 6.31. The van der Waals surface area contributed by atoms with Crippen LogP contribution in [0.5, 0.6) is 0 Å². The fraction of sp³-hybridized carbons (Fsp3) is 0.222. The van der Waals surface area contributed by atoms with Crippen LogP contribution in [-0.2, 0) is 16.0 Å². The summed E-state index contributed by atoms with van der Waals surface area (Å²) >= 11 is 5.67. The fourth-order valence-electron chi connectivity index (χ4n) is 0.884. The molecule has 14 heavy (non-hydrogen) atoms. The largest absolute Gasteiger partial charge is 0.469 e. The summed E-state index contributed by atoms with van der Waals surface area (Å²) in [6, 6.07) is 3.37. The number of aromatic nitrogens is 1. The second-order valence-corrected chi connectivity index (χ2v) is 2.93. The van der Waals surface area contributed by atoms with E-state index in [2.05, 4.69) is 9.72 Å². The van der Waals surface area contributed by atoms with Gasteiger partial charge in [-0.25, -0.2) is 0 Å². The summed E-state index contributed by atoms with van der Waals surface area (Å²) in [5.74, 6) is -0.399. The van der Waals surface area contributed by atoms with Gasteiger partial charge in [0.15, 0.2) is 0 Å². The number of esters is 1. The molecule has 0 amide bonds. The lowest BCUT2D eigenvalue weighted by Gasteiger charge is -2.00. The molecule has 1 aromatic rings. The van der Waals surface area contributed by atoms with Crippen molar-refractivity contribution in [1.29, 1.82) is 5.26 Å². The molecule has 72 valence electrons. The van der Waals surface area contributed by atoms with Crippen LogP contribution >= 0.6 is 11.6 Å². The summed E-state index contributed by atoms with van der Waals surface area (Å²) in [5, 5.41) is 8.93. The third-order valence-corrected chi connectivity index (χ3v) is 1.89. The van der Waals surface area contributed by atoms with E-state index in [1.165, 1.54) is 19.4 Å². The quantitative estimate of drug-likeness (QED) is 0.691. The minimum absolute atomic E-state index is 0.0440. The monoisotopic (exact) mass is 210 g/mol. The summed E-state index contributed by atoms with van der Waals surface area (Å²) in [6.07, 6.45) is 1.39. The van der Waals surface area contributed by atoms with Crippen LogP contribution in [0.2, 0.25) is 5.02 Å². The Morgan fingerprint density at radius 2 is 2.50 bits per heavy atom. The molecule has 0 fully saturated rings. The molecule has 1 rings (SSSR count). The molecule has 0 unspecified atom stereocenters. The van der Waals surface area contributed by atoms with E-state index in [-0.39, 0.29) is 11.4 Å². The number of nitriles is 1. The maximum absolute atomic E-state index is 10.9. The number of carbonyl (C=O) groups is 1. The highest BCUT2D eigenvalue weighted by Gasteiger charge is 2.07.